The van der Waals surface area contributed by atoms with Crippen LogP contribution in [-0.4, -0.2) is 25.6 Å². The molecule has 0 spiro atoms. The van der Waals surface area contributed by atoms with E-state index in [4.69, 9.17) is 9.47 Å². The molecule has 26 heavy (non-hydrogen) atoms. The molecule has 0 aliphatic heterocycles. The van der Waals surface area contributed by atoms with Crippen molar-refractivity contribution in [3.63, 3.8) is 0 Å². The van der Waals surface area contributed by atoms with Crippen molar-refractivity contribution in [2.24, 2.45) is 0 Å². The minimum atomic E-state index is -0.574. The zero-order valence-electron chi connectivity index (χ0n) is 14.5. The number of hydrogen-bond acceptors (Lipinski definition) is 4. The molecule has 1 atom stereocenters. The van der Waals surface area contributed by atoms with Crippen molar-refractivity contribution in [3.8, 4) is 5.75 Å². The van der Waals surface area contributed by atoms with E-state index in [0.29, 0.717) is 15.8 Å². The minimum Gasteiger partial charge on any atom is -0.497 e. The molecular weight excluding hydrogens is 398 g/mol. The van der Waals surface area contributed by atoms with Crippen LogP contribution in [0.3, 0.4) is 0 Å². The SMILES string of the molecule is COc1ccc(Br)c(C(=O)OCC(=O)N[C@@H]2CCCc3ccccc32)c1. The molecule has 136 valence electrons. The van der Waals surface area contributed by atoms with Gasteiger partial charge < -0.3 is 14.8 Å². The summed E-state index contributed by atoms with van der Waals surface area (Å²) >= 11 is 3.31. The maximum absolute atomic E-state index is 12.2. The van der Waals surface area contributed by atoms with Gasteiger partial charge in [0.25, 0.3) is 5.91 Å². The Morgan fingerprint density at radius 1 is 1.23 bits per heavy atom. The van der Waals surface area contributed by atoms with Gasteiger partial charge in [-0.05, 0) is 64.5 Å². The molecular formula is C20H20BrNO4. The number of ether oxygens (including phenoxy) is 2. The molecule has 0 unspecified atom stereocenters. The van der Waals surface area contributed by atoms with E-state index in [9.17, 15) is 9.59 Å². The number of esters is 1. The number of methoxy groups -OCH3 is 1. The highest BCUT2D eigenvalue weighted by Crippen LogP contribution is 2.29. The van der Waals surface area contributed by atoms with Crippen LogP contribution in [0.2, 0.25) is 0 Å². The lowest BCUT2D eigenvalue weighted by Crippen LogP contribution is -2.34. The lowest BCUT2D eigenvalue weighted by atomic mass is 9.88. The number of hydrogen-bond donors (Lipinski definition) is 1. The second-order valence-electron chi connectivity index (χ2n) is 6.13. The number of rotatable bonds is 5. The molecule has 0 radical (unpaired) electrons. The van der Waals surface area contributed by atoms with Crippen molar-refractivity contribution in [2.75, 3.05) is 13.7 Å². The lowest BCUT2D eigenvalue weighted by molar-refractivity contribution is -0.125. The monoisotopic (exact) mass is 417 g/mol. The molecule has 3 rings (SSSR count). The van der Waals surface area contributed by atoms with Gasteiger partial charge in [0, 0.05) is 4.47 Å². The van der Waals surface area contributed by atoms with E-state index in [-0.39, 0.29) is 18.6 Å². The lowest BCUT2D eigenvalue weighted by Gasteiger charge is -2.26. The first kappa shape index (κ1) is 18.5. The van der Waals surface area contributed by atoms with Crippen LogP contribution in [0.15, 0.2) is 46.9 Å². The predicted molar refractivity (Wildman–Crippen MR) is 101 cm³/mol. The smallest absolute Gasteiger partial charge is 0.339 e. The van der Waals surface area contributed by atoms with Gasteiger partial charge in [-0.15, -0.1) is 0 Å². The van der Waals surface area contributed by atoms with Crippen LogP contribution in [0.4, 0.5) is 0 Å². The topological polar surface area (TPSA) is 64.6 Å². The molecule has 1 aliphatic rings. The first-order valence-electron chi connectivity index (χ1n) is 8.46. The fourth-order valence-electron chi connectivity index (χ4n) is 3.14. The summed E-state index contributed by atoms with van der Waals surface area (Å²) in [5, 5.41) is 2.97. The highest BCUT2D eigenvalue weighted by atomic mass is 79.9. The molecule has 0 saturated heterocycles. The van der Waals surface area contributed by atoms with Crippen LogP contribution in [0, 0.1) is 0 Å². The third-order valence-electron chi connectivity index (χ3n) is 4.43. The van der Waals surface area contributed by atoms with Crippen molar-refractivity contribution in [1.82, 2.24) is 5.32 Å². The summed E-state index contributed by atoms with van der Waals surface area (Å²) in [6, 6.07) is 13.1. The summed E-state index contributed by atoms with van der Waals surface area (Å²) in [6.07, 6.45) is 2.94. The predicted octanol–water partition coefficient (Wildman–Crippen LogP) is 3.81. The number of nitrogens with one attached hydrogen (secondary N) is 1. The fourth-order valence-corrected chi connectivity index (χ4v) is 3.54. The molecule has 1 amide bonds. The molecule has 0 aromatic heterocycles. The molecule has 0 bridgehead atoms. The van der Waals surface area contributed by atoms with E-state index in [1.165, 1.54) is 12.7 Å². The Morgan fingerprint density at radius 3 is 2.85 bits per heavy atom. The molecule has 2 aromatic rings. The maximum Gasteiger partial charge on any atom is 0.339 e. The van der Waals surface area contributed by atoms with Gasteiger partial charge in [-0.2, -0.15) is 0 Å². The standard InChI is InChI=1S/C20H20BrNO4/c1-25-14-9-10-17(21)16(11-14)20(24)26-12-19(23)22-18-8-4-6-13-5-2-3-7-15(13)18/h2-3,5,7,9-11,18H,4,6,8,12H2,1H3,(H,22,23)/t18-/m1/s1. The van der Waals surface area contributed by atoms with Crippen LogP contribution in [-0.2, 0) is 16.0 Å². The Kier molecular flexibility index (Phi) is 5.93. The van der Waals surface area contributed by atoms with Gasteiger partial charge in [-0.3, -0.25) is 4.79 Å². The number of fused-ring (bicyclic) bond motifs is 1. The summed E-state index contributed by atoms with van der Waals surface area (Å²) in [5.74, 6) is -0.336. The molecule has 0 heterocycles. The molecule has 0 fully saturated rings. The van der Waals surface area contributed by atoms with Crippen molar-refractivity contribution >= 4 is 27.8 Å². The van der Waals surface area contributed by atoms with E-state index in [1.54, 1.807) is 18.2 Å². The van der Waals surface area contributed by atoms with Gasteiger partial charge >= 0.3 is 5.97 Å². The van der Waals surface area contributed by atoms with Gasteiger partial charge in [0.2, 0.25) is 0 Å². The average Bonchev–Trinajstić information content (AvgIpc) is 2.67. The van der Waals surface area contributed by atoms with Gasteiger partial charge in [-0.1, -0.05) is 24.3 Å². The minimum absolute atomic E-state index is 0.0327. The Bertz CT molecular complexity index is 821. The number of halogens is 1. The normalized spacial score (nSPS) is 15.7. The summed E-state index contributed by atoms with van der Waals surface area (Å²) in [6.45, 7) is -0.318. The zero-order chi connectivity index (χ0) is 18.5. The third-order valence-corrected chi connectivity index (χ3v) is 5.12. The summed E-state index contributed by atoms with van der Waals surface area (Å²) in [7, 11) is 1.52. The number of amides is 1. The first-order chi connectivity index (χ1) is 12.6. The van der Waals surface area contributed by atoms with Crippen molar-refractivity contribution in [2.45, 2.75) is 25.3 Å². The second-order valence-corrected chi connectivity index (χ2v) is 6.99. The Balaban J connectivity index is 1.59. The van der Waals surface area contributed by atoms with Crippen LogP contribution < -0.4 is 10.1 Å². The maximum atomic E-state index is 12.2. The van der Waals surface area contributed by atoms with Gasteiger partial charge in [0.05, 0.1) is 18.7 Å². The molecule has 5 nitrogen and oxygen atoms in total. The fraction of sp³-hybridized carbons (Fsp3) is 0.300. The highest BCUT2D eigenvalue weighted by Gasteiger charge is 2.22. The number of carbonyl (C=O) groups is 2. The van der Waals surface area contributed by atoms with E-state index in [0.717, 1.165) is 24.8 Å². The van der Waals surface area contributed by atoms with Crippen LogP contribution >= 0.6 is 15.9 Å². The van der Waals surface area contributed by atoms with Crippen molar-refractivity contribution in [1.29, 1.82) is 0 Å². The van der Waals surface area contributed by atoms with E-state index in [2.05, 4.69) is 27.3 Å². The Morgan fingerprint density at radius 2 is 2.04 bits per heavy atom. The Labute approximate surface area is 160 Å². The summed E-state index contributed by atoms with van der Waals surface area (Å²) in [4.78, 5) is 24.5. The molecule has 0 saturated carbocycles. The number of carbonyl (C=O) groups excluding carboxylic acids is 2. The van der Waals surface area contributed by atoms with Crippen LogP contribution in [0.1, 0.15) is 40.4 Å². The van der Waals surface area contributed by atoms with Gasteiger partial charge in [0.15, 0.2) is 6.61 Å². The molecule has 1 N–H and O–H groups in total. The largest absolute Gasteiger partial charge is 0.497 e. The molecule has 6 heteroatoms. The third kappa shape index (κ3) is 4.25. The van der Waals surface area contributed by atoms with Gasteiger partial charge in [0.1, 0.15) is 5.75 Å². The number of aryl methyl sites for hydroxylation is 1. The Hall–Kier alpha value is -2.34. The van der Waals surface area contributed by atoms with Gasteiger partial charge in [-0.25, -0.2) is 4.79 Å². The van der Waals surface area contributed by atoms with Crippen molar-refractivity contribution < 1.29 is 19.1 Å². The quantitative estimate of drug-likeness (QED) is 0.751. The van der Waals surface area contributed by atoms with Crippen LogP contribution in [0.5, 0.6) is 5.75 Å². The van der Waals surface area contributed by atoms with E-state index in [1.807, 2.05) is 18.2 Å². The van der Waals surface area contributed by atoms with Crippen molar-refractivity contribution in [3.05, 3.63) is 63.6 Å². The molecule has 1 aliphatic carbocycles. The molecule has 2 aromatic carbocycles. The van der Waals surface area contributed by atoms with Crippen LogP contribution in [0.25, 0.3) is 0 Å². The number of benzene rings is 2. The average molecular weight is 418 g/mol. The summed E-state index contributed by atoms with van der Waals surface area (Å²) in [5.41, 5.74) is 2.73. The zero-order valence-corrected chi connectivity index (χ0v) is 16.0. The second kappa shape index (κ2) is 8.36. The van der Waals surface area contributed by atoms with E-state index >= 15 is 0 Å². The summed E-state index contributed by atoms with van der Waals surface area (Å²) < 4.78 is 10.9. The first-order valence-corrected chi connectivity index (χ1v) is 9.25. The van der Waals surface area contributed by atoms with E-state index < -0.39 is 5.97 Å². The highest BCUT2D eigenvalue weighted by molar-refractivity contribution is 9.10.